The Balaban J connectivity index is 1.88. The molecule has 0 radical (unpaired) electrons. The topological polar surface area (TPSA) is 26.3 Å². The predicted molar refractivity (Wildman–Crippen MR) is 102 cm³/mol. The van der Waals surface area contributed by atoms with Crippen LogP contribution >= 0.6 is 0 Å². The SMILES string of the molecule is CCCCCCC1C(=O)OC(c2ccccc2)=CC1c1ccccc1. The molecule has 0 aromatic heterocycles. The molecule has 1 aliphatic heterocycles. The van der Waals surface area contributed by atoms with Crippen molar-refractivity contribution in [3.63, 3.8) is 0 Å². The first-order chi connectivity index (χ1) is 12.3. The van der Waals surface area contributed by atoms with E-state index in [4.69, 9.17) is 4.74 Å². The van der Waals surface area contributed by atoms with Crippen molar-refractivity contribution in [2.75, 3.05) is 0 Å². The quantitative estimate of drug-likeness (QED) is 0.461. The normalized spacial score (nSPS) is 20.0. The molecule has 0 saturated carbocycles. The molecule has 2 nitrogen and oxygen atoms in total. The fraction of sp³-hybridized carbons (Fsp3) is 0.348. The van der Waals surface area contributed by atoms with E-state index in [9.17, 15) is 4.79 Å². The van der Waals surface area contributed by atoms with Gasteiger partial charge in [-0.1, -0.05) is 93.3 Å². The number of allylic oxidation sites excluding steroid dienone is 1. The van der Waals surface area contributed by atoms with Crippen molar-refractivity contribution in [2.45, 2.75) is 44.9 Å². The van der Waals surface area contributed by atoms with E-state index in [0.29, 0.717) is 5.76 Å². The Hall–Kier alpha value is -2.35. The van der Waals surface area contributed by atoms with Crippen LogP contribution in [0, 0.1) is 5.92 Å². The largest absolute Gasteiger partial charge is 0.426 e. The average Bonchev–Trinajstić information content (AvgIpc) is 2.67. The van der Waals surface area contributed by atoms with Gasteiger partial charge in [-0.05, 0) is 18.1 Å². The molecule has 0 amide bonds. The minimum Gasteiger partial charge on any atom is -0.426 e. The first-order valence-corrected chi connectivity index (χ1v) is 9.33. The van der Waals surface area contributed by atoms with Gasteiger partial charge in [-0.25, -0.2) is 0 Å². The Morgan fingerprint density at radius 1 is 0.880 bits per heavy atom. The number of carbonyl (C=O) groups is 1. The highest BCUT2D eigenvalue weighted by Gasteiger charge is 2.34. The van der Waals surface area contributed by atoms with E-state index in [1.807, 2.05) is 48.5 Å². The van der Waals surface area contributed by atoms with Gasteiger partial charge in [0.05, 0.1) is 5.92 Å². The zero-order valence-electron chi connectivity index (χ0n) is 14.9. The second-order valence-electron chi connectivity index (χ2n) is 6.71. The summed E-state index contributed by atoms with van der Waals surface area (Å²) in [7, 11) is 0. The lowest BCUT2D eigenvalue weighted by Gasteiger charge is -2.29. The van der Waals surface area contributed by atoms with E-state index in [1.165, 1.54) is 24.8 Å². The van der Waals surface area contributed by atoms with E-state index >= 15 is 0 Å². The van der Waals surface area contributed by atoms with E-state index in [2.05, 4.69) is 25.1 Å². The smallest absolute Gasteiger partial charge is 0.315 e. The summed E-state index contributed by atoms with van der Waals surface area (Å²) >= 11 is 0. The fourth-order valence-electron chi connectivity index (χ4n) is 3.49. The summed E-state index contributed by atoms with van der Waals surface area (Å²) in [6.45, 7) is 2.20. The lowest BCUT2D eigenvalue weighted by molar-refractivity contribution is -0.143. The molecule has 0 bridgehead atoms. The van der Waals surface area contributed by atoms with Gasteiger partial charge in [0.15, 0.2) is 0 Å². The zero-order valence-corrected chi connectivity index (χ0v) is 14.9. The van der Waals surface area contributed by atoms with Crippen molar-refractivity contribution in [2.24, 2.45) is 5.92 Å². The second kappa shape index (κ2) is 8.66. The molecule has 2 heteroatoms. The van der Waals surface area contributed by atoms with Crippen LogP contribution in [0.25, 0.3) is 5.76 Å². The zero-order chi connectivity index (χ0) is 17.5. The Morgan fingerprint density at radius 3 is 2.24 bits per heavy atom. The number of carbonyl (C=O) groups excluding carboxylic acids is 1. The Kier molecular flexibility index (Phi) is 6.05. The maximum Gasteiger partial charge on any atom is 0.315 e. The Labute approximate surface area is 150 Å². The number of esters is 1. The highest BCUT2D eigenvalue weighted by Crippen LogP contribution is 2.38. The van der Waals surface area contributed by atoms with Crippen LogP contribution in [0.4, 0.5) is 0 Å². The summed E-state index contributed by atoms with van der Waals surface area (Å²) in [5, 5.41) is 0. The number of hydrogen-bond acceptors (Lipinski definition) is 2. The Bertz CT molecular complexity index is 703. The predicted octanol–water partition coefficient (Wildman–Crippen LogP) is 5.95. The molecule has 0 aliphatic carbocycles. The number of rotatable bonds is 7. The molecule has 0 fully saturated rings. The maximum absolute atomic E-state index is 12.8. The van der Waals surface area contributed by atoms with Crippen LogP contribution < -0.4 is 0 Å². The first-order valence-electron chi connectivity index (χ1n) is 9.33. The number of cyclic esters (lactones) is 1. The molecule has 25 heavy (non-hydrogen) atoms. The molecule has 0 spiro atoms. The van der Waals surface area contributed by atoms with Crippen molar-refractivity contribution < 1.29 is 9.53 Å². The van der Waals surface area contributed by atoms with Crippen LogP contribution in [0.5, 0.6) is 0 Å². The summed E-state index contributed by atoms with van der Waals surface area (Å²) in [6, 6.07) is 20.2. The van der Waals surface area contributed by atoms with Gasteiger partial charge < -0.3 is 4.74 Å². The third-order valence-electron chi connectivity index (χ3n) is 4.89. The van der Waals surface area contributed by atoms with E-state index in [-0.39, 0.29) is 17.8 Å². The summed E-state index contributed by atoms with van der Waals surface area (Å²) in [4.78, 5) is 12.8. The minimum absolute atomic E-state index is 0.0827. The van der Waals surface area contributed by atoms with Gasteiger partial charge in [-0.2, -0.15) is 0 Å². The molecule has 0 saturated heterocycles. The monoisotopic (exact) mass is 334 g/mol. The van der Waals surface area contributed by atoms with Crippen molar-refractivity contribution in [1.29, 1.82) is 0 Å². The van der Waals surface area contributed by atoms with Gasteiger partial charge >= 0.3 is 5.97 Å². The third kappa shape index (κ3) is 4.39. The van der Waals surface area contributed by atoms with Gasteiger partial charge in [-0.15, -0.1) is 0 Å². The summed E-state index contributed by atoms with van der Waals surface area (Å²) < 4.78 is 5.72. The van der Waals surface area contributed by atoms with Gasteiger partial charge in [0, 0.05) is 11.5 Å². The molecule has 0 N–H and O–H groups in total. The molecule has 1 heterocycles. The van der Waals surface area contributed by atoms with E-state index in [0.717, 1.165) is 18.4 Å². The van der Waals surface area contributed by atoms with Crippen LogP contribution in [0.3, 0.4) is 0 Å². The highest BCUT2D eigenvalue weighted by atomic mass is 16.5. The molecular formula is C23H26O2. The third-order valence-corrected chi connectivity index (χ3v) is 4.89. The molecule has 2 unspecified atom stereocenters. The van der Waals surface area contributed by atoms with Crippen LogP contribution in [0.2, 0.25) is 0 Å². The summed E-state index contributed by atoms with van der Waals surface area (Å²) in [6.07, 6.45) is 7.70. The molecular weight excluding hydrogens is 308 g/mol. The van der Waals surface area contributed by atoms with E-state index < -0.39 is 0 Å². The lowest BCUT2D eigenvalue weighted by Crippen LogP contribution is -2.27. The fourth-order valence-corrected chi connectivity index (χ4v) is 3.49. The van der Waals surface area contributed by atoms with Crippen molar-refractivity contribution in [1.82, 2.24) is 0 Å². The molecule has 130 valence electrons. The number of ether oxygens (including phenoxy) is 1. The molecule has 1 aliphatic rings. The van der Waals surface area contributed by atoms with Gasteiger partial charge in [-0.3, -0.25) is 4.79 Å². The van der Waals surface area contributed by atoms with Gasteiger partial charge in [0.25, 0.3) is 0 Å². The van der Waals surface area contributed by atoms with Crippen LogP contribution in [-0.2, 0) is 9.53 Å². The van der Waals surface area contributed by atoms with Gasteiger partial charge in [0.2, 0.25) is 0 Å². The summed E-state index contributed by atoms with van der Waals surface area (Å²) in [5.41, 5.74) is 2.15. The molecule has 2 aromatic carbocycles. The molecule has 3 rings (SSSR count). The minimum atomic E-state index is -0.0910. The van der Waals surface area contributed by atoms with Crippen molar-refractivity contribution >= 4 is 11.7 Å². The highest BCUT2D eigenvalue weighted by molar-refractivity contribution is 5.84. The maximum atomic E-state index is 12.8. The number of hydrogen-bond donors (Lipinski definition) is 0. The molecule has 2 aromatic rings. The Morgan fingerprint density at radius 2 is 1.56 bits per heavy atom. The van der Waals surface area contributed by atoms with Crippen LogP contribution in [-0.4, -0.2) is 5.97 Å². The van der Waals surface area contributed by atoms with E-state index in [1.54, 1.807) is 0 Å². The standard InChI is InChI=1S/C23H26O2/c1-2-3-4-11-16-20-21(18-12-7-5-8-13-18)17-22(25-23(20)24)19-14-9-6-10-15-19/h5-10,12-15,17,20-21H,2-4,11,16H2,1H3. The number of unbranched alkanes of at least 4 members (excludes halogenated alkanes) is 3. The lowest BCUT2D eigenvalue weighted by atomic mass is 9.80. The second-order valence-corrected chi connectivity index (χ2v) is 6.71. The van der Waals surface area contributed by atoms with Gasteiger partial charge in [0.1, 0.15) is 5.76 Å². The summed E-state index contributed by atoms with van der Waals surface area (Å²) in [5.74, 6) is 0.585. The van der Waals surface area contributed by atoms with Crippen LogP contribution in [0.1, 0.15) is 56.1 Å². The van der Waals surface area contributed by atoms with Crippen molar-refractivity contribution in [3.05, 3.63) is 77.9 Å². The molecule has 2 atom stereocenters. The first kappa shape index (κ1) is 17.5. The van der Waals surface area contributed by atoms with Crippen molar-refractivity contribution in [3.8, 4) is 0 Å². The van der Waals surface area contributed by atoms with Crippen LogP contribution in [0.15, 0.2) is 66.7 Å². The average molecular weight is 334 g/mol. The number of benzene rings is 2.